The van der Waals surface area contributed by atoms with Crippen LogP contribution in [0.5, 0.6) is 0 Å². The highest BCUT2D eigenvalue weighted by Gasteiger charge is 2.25. The van der Waals surface area contributed by atoms with Crippen molar-refractivity contribution in [3.05, 3.63) is 65.5 Å². The first-order chi connectivity index (χ1) is 18.4. The number of rotatable bonds is 9. The fourth-order valence-electron chi connectivity index (χ4n) is 4.89. The lowest BCUT2D eigenvalue weighted by Gasteiger charge is -2.26. The lowest BCUT2D eigenvalue weighted by Crippen LogP contribution is -2.36. The standard InChI is InChI=1S/C28H30ClF2N5O2/c29-21-4-3-20-8-12-36(25(20)17-21)27-23-18-22(5-6-24(23)32-19-33-27)34-26(37)7-10-28(30,31)9-1-2-11-35-13-15-38-16-14-35/h3-7,10,17-19H,1-2,8-9,11-16H2,(H,34,37)/b10-7+. The molecule has 3 heterocycles. The monoisotopic (exact) mass is 541 g/mol. The third-order valence-electron chi connectivity index (χ3n) is 6.90. The number of morpholine rings is 1. The largest absolute Gasteiger partial charge is 0.379 e. The van der Waals surface area contributed by atoms with Crippen LogP contribution in [0.2, 0.25) is 5.02 Å². The zero-order valence-electron chi connectivity index (χ0n) is 21.0. The van der Waals surface area contributed by atoms with E-state index in [0.717, 1.165) is 49.7 Å². The van der Waals surface area contributed by atoms with Crippen LogP contribution in [0.3, 0.4) is 0 Å². The van der Waals surface area contributed by atoms with E-state index in [2.05, 4.69) is 25.1 Å². The Kier molecular flexibility index (Phi) is 8.16. The molecule has 5 rings (SSSR count). The van der Waals surface area contributed by atoms with Gasteiger partial charge in [0.2, 0.25) is 5.91 Å². The maximum Gasteiger partial charge on any atom is 0.266 e. The van der Waals surface area contributed by atoms with Crippen molar-refractivity contribution in [2.45, 2.75) is 31.6 Å². The highest BCUT2D eigenvalue weighted by Crippen LogP contribution is 2.38. The van der Waals surface area contributed by atoms with Gasteiger partial charge in [-0.1, -0.05) is 17.7 Å². The Morgan fingerprint density at radius 1 is 1.11 bits per heavy atom. The van der Waals surface area contributed by atoms with Crippen molar-refractivity contribution in [1.29, 1.82) is 0 Å². The smallest absolute Gasteiger partial charge is 0.266 e. The minimum absolute atomic E-state index is 0.293. The van der Waals surface area contributed by atoms with Crippen molar-refractivity contribution < 1.29 is 18.3 Å². The topological polar surface area (TPSA) is 70.6 Å². The van der Waals surface area contributed by atoms with E-state index in [9.17, 15) is 13.6 Å². The van der Waals surface area contributed by atoms with Gasteiger partial charge in [0.15, 0.2) is 0 Å². The van der Waals surface area contributed by atoms with Crippen LogP contribution >= 0.6 is 11.6 Å². The Bertz CT molecular complexity index is 1330. The van der Waals surface area contributed by atoms with Gasteiger partial charge in [0.1, 0.15) is 12.1 Å². The van der Waals surface area contributed by atoms with Gasteiger partial charge < -0.3 is 15.0 Å². The minimum Gasteiger partial charge on any atom is -0.379 e. The number of carbonyl (C=O) groups is 1. The summed E-state index contributed by atoms with van der Waals surface area (Å²) < 4.78 is 34.0. The van der Waals surface area contributed by atoms with Gasteiger partial charge >= 0.3 is 0 Å². The van der Waals surface area contributed by atoms with Crippen LogP contribution in [-0.2, 0) is 16.0 Å². The number of halogens is 3. The van der Waals surface area contributed by atoms with Gasteiger partial charge in [0.25, 0.3) is 5.92 Å². The molecule has 1 amide bonds. The third-order valence-corrected chi connectivity index (χ3v) is 7.13. The van der Waals surface area contributed by atoms with E-state index in [4.69, 9.17) is 16.3 Å². The molecule has 1 fully saturated rings. The molecule has 1 aromatic heterocycles. The quantitative estimate of drug-likeness (QED) is 0.280. The average Bonchev–Trinajstić information content (AvgIpc) is 3.33. The van der Waals surface area contributed by atoms with E-state index in [0.29, 0.717) is 54.2 Å². The SMILES string of the molecule is O=C(/C=C/C(F)(F)CCCCN1CCOCC1)Nc1ccc2ncnc(N3CCc4ccc(Cl)cc43)c2c1. The summed E-state index contributed by atoms with van der Waals surface area (Å²) in [4.78, 5) is 25.6. The summed E-state index contributed by atoms with van der Waals surface area (Å²) in [5.74, 6) is -2.96. The number of amides is 1. The molecule has 2 aliphatic heterocycles. The number of unbranched alkanes of at least 4 members (excludes halogenated alkanes) is 1. The Labute approximate surface area is 225 Å². The highest BCUT2D eigenvalue weighted by atomic mass is 35.5. The molecule has 10 heteroatoms. The second-order valence-electron chi connectivity index (χ2n) is 9.60. The van der Waals surface area contributed by atoms with Gasteiger partial charge in [-0.05, 0) is 67.8 Å². The molecule has 0 saturated carbocycles. The second kappa shape index (κ2) is 11.7. The van der Waals surface area contributed by atoms with Gasteiger partial charge in [-0.2, -0.15) is 0 Å². The van der Waals surface area contributed by atoms with Crippen molar-refractivity contribution in [3.8, 4) is 0 Å². The van der Waals surface area contributed by atoms with Crippen LogP contribution in [-0.4, -0.2) is 66.1 Å². The van der Waals surface area contributed by atoms with Crippen LogP contribution < -0.4 is 10.2 Å². The fourth-order valence-corrected chi connectivity index (χ4v) is 5.06. The number of hydrogen-bond donors (Lipinski definition) is 1. The molecule has 2 aromatic carbocycles. The molecule has 0 aliphatic carbocycles. The normalized spacial score (nSPS) is 16.3. The zero-order chi connectivity index (χ0) is 26.5. The number of nitrogens with zero attached hydrogens (tertiary/aromatic N) is 4. The van der Waals surface area contributed by atoms with Crippen molar-refractivity contribution in [2.24, 2.45) is 0 Å². The predicted octanol–water partition coefficient (Wildman–Crippen LogP) is 5.61. The molecule has 38 heavy (non-hydrogen) atoms. The van der Waals surface area contributed by atoms with E-state index in [1.807, 2.05) is 18.2 Å². The van der Waals surface area contributed by atoms with Crippen molar-refractivity contribution in [3.63, 3.8) is 0 Å². The Morgan fingerprint density at radius 2 is 1.95 bits per heavy atom. The first kappa shape index (κ1) is 26.5. The van der Waals surface area contributed by atoms with Gasteiger partial charge in [-0.25, -0.2) is 18.7 Å². The molecule has 3 aromatic rings. The van der Waals surface area contributed by atoms with E-state index >= 15 is 0 Å². The third kappa shape index (κ3) is 6.46. The van der Waals surface area contributed by atoms with Gasteiger partial charge in [0.05, 0.1) is 18.7 Å². The molecule has 0 radical (unpaired) electrons. The molecule has 7 nitrogen and oxygen atoms in total. The second-order valence-corrected chi connectivity index (χ2v) is 10.0. The summed E-state index contributed by atoms with van der Waals surface area (Å²) in [5.41, 5.74) is 3.35. The van der Waals surface area contributed by atoms with E-state index in [-0.39, 0.29) is 6.42 Å². The van der Waals surface area contributed by atoms with Crippen LogP contribution in [0.15, 0.2) is 54.9 Å². The van der Waals surface area contributed by atoms with Crippen molar-refractivity contribution in [1.82, 2.24) is 14.9 Å². The summed E-state index contributed by atoms with van der Waals surface area (Å²) in [6, 6.07) is 11.0. The Hall–Kier alpha value is -3.14. The lowest BCUT2D eigenvalue weighted by molar-refractivity contribution is -0.112. The van der Waals surface area contributed by atoms with Crippen molar-refractivity contribution in [2.75, 3.05) is 49.6 Å². The summed E-state index contributed by atoms with van der Waals surface area (Å²) in [5, 5.41) is 4.07. The maximum atomic E-state index is 14.3. The number of hydrogen-bond acceptors (Lipinski definition) is 6. The summed E-state index contributed by atoms with van der Waals surface area (Å²) in [7, 11) is 0. The number of aromatic nitrogens is 2. The van der Waals surface area contributed by atoms with Crippen LogP contribution in [0, 0.1) is 0 Å². The molecular weight excluding hydrogens is 512 g/mol. The van der Waals surface area contributed by atoms with Crippen LogP contribution in [0.25, 0.3) is 10.9 Å². The molecule has 1 N–H and O–H groups in total. The number of benzene rings is 2. The van der Waals surface area contributed by atoms with E-state index in [1.165, 1.54) is 11.9 Å². The number of alkyl halides is 2. The van der Waals surface area contributed by atoms with Gasteiger partial charge in [-0.3, -0.25) is 9.69 Å². The predicted molar refractivity (Wildman–Crippen MR) is 146 cm³/mol. The summed E-state index contributed by atoms with van der Waals surface area (Å²) in [6.07, 6.45) is 4.74. The first-order valence-electron chi connectivity index (χ1n) is 12.9. The number of allylic oxidation sites excluding steroid dienone is 1. The first-order valence-corrected chi connectivity index (χ1v) is 13.2. The van der Waals surface area contributed by atoms with Gasteiger partial charge in [-0.15, -0.1) is 0 Å². The number of ether oxygens (including phenoxy) is 1. The highest BCUT2D eigenvalue weighted by molar-refractivity contribution is 6.31. The summed E-state index contributed by atoms with van der Waals surface area (Å²) in [6.45, 7) is 4.61. The molecular formula is C28H30ClF2N5O2. The molecule has 1 saturated heterocycles. The maximum absolute atomic E-state index is 14.3. The molecule has 200 valence electrons. The molecule has 0 atom stereocenters. The average molecular weight is 542 g/mol. The van der Waals surface area contributed by atoms with Crippen molar-refractivity contribution >= 4 is 45.6 Å². The minimum atomic E-state index is -3.04. The number of carbonyl (C=O) groups excluding carboxylic acids is 1. The molecule has 0 unspecified atom stereocenters. The fraction of sp³-hybridized carbons (Fsp3) is 0.393. The number of nitrogens with one attached hydrogen (secondary N) is 1. The van der Waals surface area contributed by atoms with E-state index in [1.54, 1.807) is 18.2 Å². The molecule has 0 spiro atoms. The molecule has 2 aliphatic rings. The lowest BCUT2D eigenvalue weighted by atomic mass is 10.1. The Morgan fingerprint density at radius 3 is 2.79 bits per heavy atom. The van der Waals surface area contributed by atoms with Crippen LogP contribution in [0.1, 0.15) is 24.8 Å². The molecule has 0 bridgehead atoms. The van der Waals surface area contributed by atoms with Gasteiger partial charge in [0, 0.05) is 53.9 Å². The van der Waals surface area contributed by atoms with E-state index < -0.39 is 11.8 Å². The number of anilines is 3. The Balaban J connectivity index is 1.22. The zero-order valence-corrected chi connectivity index (χ0v) is 21.8. The summed E-state index contributed by atoms with van der Waals surface area (Å²) >= 11 is 6.23. The number of fused-ring (bicyclic) bond motifs is 2. The van der Waals surface area contributed by atoms with Crippen LogP contribution in [0.4, 0.5) is 26.0 Å².